The summed E-state index contributed by atoms with van der Waals surface area (Å²) in [6.45, 7) is 2.26. The first-order valence-electron chi connectivity index (χ1n) is 11.8. The first-order chi connectivity index (χ1) is 18.1. The van der Waals surface area contributed by atoms with Gasteiger partial charge >= 0.3 is 5.97 Å². The Morgan fingerprint density at radius 2 is 1.89 bits per heavy atom. The summed E-state index contributed by atoms with van der Waals surface area (Å²) < 4.78 is 10.8. The molecule has 0 radical (unpaired) electrons. The molecule has 7 nitrogen and oxygen atoms in total. The van der Waals surface area contributed by atoms with Gasteiger partial charge in [-0.2, -0.15) is 0 Å². The van der Waals surface area contributed by atoms with Gasteiger partial charge in [-0.1, -0.05) is 71.9 Å². The second kappa shape index (κ2) is 11.1. The van der Waals surface area contributed by atoms with E-state index in [2.05, 4.69) is 5.32 Å². The number of nitrogens with zero attached hydrogens (tertiary/aromatic N) is 2. The van der Waals surface area contributed by atoms with Gasteiger partial charge in [-0.15, -0.1) is 0 Å². The fourth-order valence-electron chi connectivity index (χ4n) is 4.31. The van der Waals surface area contributed by atoms with E-state index >= 15 is 0 Å². The number of hydrogen-bond acceptors (Lipinski definition) is 7. The monoisotopic (exact) mass is 533 g/mol. The van der Waals surface area contributed by atoms with Crippen molar-refractivity contribution in [3.05, 3.63) is 112 Å². The molecule has 2 aromatic carbocycles. The predicted octanol–water partition coefficient (Wildman–Crippen LogP) is 5.91. The van der Waals surface area contributed by atoms with Crippen molar-refractivity contribution in [3.8, 4) is 0 Å². The zero-order valence-corrected chi connectivity index (χ0v) is 21.6. The molecular formula is C28H24ClN3O4S. The molecule has 0 aliphatic carbocycles. The van der Waals surface area contributed by atoms with E-state index in [4.69, 9.17) is 25.7 Å². The number of benzene rings is 2. The molecule has 3 heterocycles. The van der Waals surface area contributed by atoms with Gasteiger partial charge in [0.05, 0.1) is 43.1 Å². The largest absolute Gasteiger partial charge is 0.467 e. The quantitative estimate of drug-likeness (QED) is 0.362. The molecule has 188 valence electrons. The van der Waals surface area contributed by atoms with Crippen LogP contribution in [0.1, 0.15) is 36.3 Å². The van der Waals surface area contributed by atoms with E-state index in [0.717, 1.165) is 11.1 Å². The zero-order valence-electron chi connectivity index (χ0n) is 20.0. The lowest BCUT2D eigenvalue weighted by atomic mass is 9.91. The standard InChI is InChI=1S/C28H24ClN3O4S/c1-2-35-27(34)24-25(18-9-4-3-5-10-18)31-28-32(26(24)21-12-6-7-13-22(21)29)19(17-37-28)15-23(33)30-16-20-11-8-14-36-20/h3-14,17,26H,2,15-16H2,1H3,(H,30,33). The summed E-state index contributed by atoms with van der Waals surface area (Å²) >= 11 is 8.10. The number of furan rings is 1. The SMILES string of the molecule is CCOC(=O)C1=C(c2ccccc2)N=C2SC=C(CC(=O)NCc3ccco3)N2C1c1ccccc1Cl. The molecular weight excluding hydrogens is 510 g/mol. The van der Waals surface area contributed by atoms with Crippen molar-refractivity contribution in [1.29, 1.82) is 0 Å². The Kier molecular flexibility index (Phi) is 7.48. The number of fused-ring (bicyclic) bond motifs is 1. The first-order valence-corrected chi connectivity index (χ1v) is 13.1. The van der Waals surface area contributed by atoms with Crippen molar-refractivity contribution in [2.45, 2.75) is 25.9 Å². The zero-order chi connectivity index (χ0) is 25.8. The van der Waals surface area contributed by atoms with Crippen LogP contribution >= 0.6 is 23.4 Å². The second-order valence-corrected chi connectivity index (χ2v) is 9.54. The molecule has 5 rings (SSSR count). The van der Waals surface area contributed by atoms with E-state index in [1.54, 1.807) is 31.4 Å². The maximum atomic E-state index is 13.5. The predicted molar refractivity (Wildman–Crippen MR) is 144 cm³/mol. The number of hydrogen-bond donors (Lipinski definition) is 1. The number of halogens is 1. The van der Waals surface area contributed by atoms with Crippen LogP contribution in [0.4, 0.5) is 0 Å². The second-order valence-electron chi connectivity index (χ2n) is 8.30. The van der Waals surface area contributed by atoms with Gasteiger partial charge in [-0.3, -0.25) is 4.79 Å². The Hall–Kier alpha value is -3.75. The first kappa shape index (κ1) is 24.9. The van der Waals surface area contributed by atoms with E-state index in [9.17, 15) is 9.59 Å². The number of carbonyl (C=O) groups is 2. The number of nitrogens with one attached hydrogen (secondary N) is 1. The topological polar surface area (TPSA) is 84.1 Å². The molecule has 1 N–H and O–H groups in total. The van der Waals surface area contributed by atoms with Crippen molar-refractivity contribution in [3.63, 3.8) is 0 Å². The Morgan fingerprint density at radius 3 is 2.62 bits per heavy atom. The van der Waals surface area contributed by atoms with Crippen LogP contribution in [0.15, 0.2) is 99.1 Å². The highest BCUT2D eigenvalue weighted by Gasteiger charge is 2.43. The maximum absolute atomic E-state index is 13.5. The van der Waals surface area contributed by atoms with E-state index in [-0.39, 0.29) is 25.5 Å². The number of thioether (sulfide) groups is 1. The van der Waals surface area contributed by atoms with Crippen LogP contribution < -0.4 is 5.32 Å². The average Bonchev–Trinajstić information content (AvgIpc) is 3.58. The molecule has 2 aliphatic heterocycles. The smallest absolute Gasteiger partial charge is 0.338 e. The number of amides is 1. The van der Waals surface area contributed by atoms with Crippen molar-refractivity contribution in [2.24, 2.45) is 4.99 Å². The Morgan fingerprint density at radius 1 is 1.11 bits per heavy atom. The molecule has 1 aromatic heterocycles. The molecule has 0 spiro atoms. The van der Waals surface area contributed by atoms with Crippen LogP contribution in [0.25, 0.3) is 5.70 Å². The molecule has 1 atom stereocenters. The highest BCUT2D eigenvalue weighted by atomic mass is 35.5. The van der Waals surface area contributed by atoms with E-state index in [1.165, 1.54) is 11.8 Å². The molecule has 9 heteroatoms. The van der Waals surface area contributed by atoms with Crippen LogP contribution in [0, 0.1) is 0 Å². The van der Waals surface area contributed by atoms with Gasteiger partial charge in [0, 0.05) is 16.3 Å². The van der Waals surface area contributed by atoms with Gasteiger partial charge in [0.25, 0.3) is 0 Å². The fourth-order valence-corrected chi connectivity index (χ4v) is 5.46. The maximum Gasteiger partial charge on any atom is 0.338 e. The number of carbonyl (C=O) groups excluding carboxylic acids is 2. The highest BCUT2D eigenvalue weighted by Crippen LogP contribution is 2.48. The third kappa shape index (κ3) is 5.21. The van der Waals surface area contributed by atoms with E-state index < -0.39 is 12.0 Å². The summed E-state index contributed by atoms with van der Waals surface area (Å²) in [6, 6.07) is 19.9. The van der Waals surface area contributed by atoms with Crippen molar-refractivity contribution in [2.75, 3.05) is 6.61 Å². The van der Waals surface area contributed by atoms with Gasteiger partial charge in [0.1, 0.15) is 5.76 Å². The normalized spacial score (nSPS) is 16.7. The summed E-state index contributed by atoms with van der Waals surface area (Å²) in [4.78, 5) is 33.2. The average molecular weight is 534 g/mol. The number of esters is 1. The number of ether oxygens (including phenoxy) is 1. The minimum Gasteiger partial charge on any atom is -0.467 e. The van der Waals surface area contributed by atoms with Crippen LogP contribution in [0.3, 0.4) is 0 Å². The number of aliphatic imine (C=N–C) groups is 1. The Balaban J connectivity index is 1.56. The van der Waals surface area contributed by atoms with Gasteiger partial charge in [-0.05, 0) is 36.1 Å². The van der Waals surface area contributed by atoms with Crippen LogP contribution in [0.5, 0.6) is 0 Å². The third-order valence-corrected chi connectivity index (χ3v) is 7.17. The highest BCUT2D eigenvalue weighted by molar-refractivity contribution is 8.16. The van der Waals surface area contributed by atoms with Gasteiger partial charge < -0.3 is 19.4 Å². The number of amidine groups is 1. The summed E-state index contributed by atoms with van der Waals surface area (Å²) in [7, 11) is 0. The van der Waals surface area contributed by atoms with Gasteiger partial charge in [-0.25, -0.2) is 9.79 Å². The Bertz CT molecular complexity index is 1400. The summed E-state index contributed by atoms with van der Waals surface area (Å²) in [6.07, 6.45) is 1.65. The lowest BCUT2D eigenvalue weighted by molar-refractivity contribution is -0.139. The van der Waals surface area contributed by atoms with Gasteiger partial charge in [0.2, 0.25) is 5.91 Å². The molecule has 1 unspecified atom stereocenters. The fraction of sp³-hybridized carbons (Fsp3) is 0.179. The molecule has 0 saturated carbocycles. The molecule has 37 heavy (non-hydrogen) atoms. The number of rotatable bonds is 8. The molecule has 3 aromatic rings. The summed E-state index contributed by atoms with van der Waals surface area (Å²) in [5.41, 5.74) is 3.12. The van der Waals surface area contributed by atoms with Crippen molar-refractivity contribution in [1.82, 2.24) is 10.2 Å². The summed E-state index contributed by atoms with van der Waals surface area (Å²) in [5, 5.41) is 5.94. The Labute approximate surface area is 223 Å². The van der Waals surface area contributed by atoms with E-state index in [0.29, 0.717) is 32.9 Å². The van der Waals surface area contributed by atoms with Crippen LogP contribution in [0.2, 0.25) is 5.02 Å². The molecule has 1 amide bonds. The van der Waals surface area contributed by atoms with Crippen molar-refractivity contribution < 1.29 is 18.7 Å². The molecule has 0 fully saturated rings. The van der Waals surface area contributed by atoms with Gasteiger partial charge in [0.15, 0.2) is 5.17 Å². The minimum atomic E-state index is -0.630. The third-order valence-electron chi connectivity index (χ3n) is 5.93. The minimum absolute atomic E-state index is 0.0878. The van der Waals surface area contributed by atoms with Crippen molar-refractivity contribution >= 4 is 46.1 Å². The van der Waals surface area contributed by atoms with Crippen LogP contribution in [-0.2, 0) is 20.9 Å². The molecule has 0 saturated heterocycles. The van der Waals surface area contributed by atoms with E-state index in [1.807, 2.05) is 58.8 Å². The molecule has 0 bridgehead atoms. The summed E-state index contributed by atoms with van der Waals surface area (Å²) in [5.74, 6) is 0.00264. The molecule has 2 aliphatic rings. The lowest BCUT2D eigenvalue weighted by Crippen LogP contribution is -2.38. The lowest BCUT2D eigenvalue weighted by Gasteiger charge is -2.37. The van der Waals surface area contributed by atoms with Crippen LogP contribution in [-0.4, -0.2) is 28.6 Å².